The fourth-order valence-corrected chi connectivity index (χ4v) is 3.58. The zero-order chi connectivity index (χ0) is 17.1. The molecule has 1 unspecified atom stereocenters. The maximum absolute atomic E-state index is 12.5. The van der Waals surface area contributed by atoms with E-state index >= 15 is 0 Å². The highest BCUT2D eigenvalue weighted by molar-refractivity contribution is 14.1. The number of halogens is 2. The molecule has 3 aromatic rings. The van der Waals surface area contributed by atoms with Crippen molar-refractivity contribution >= 4 is 55.3 Å². The van der Waals surface area contributed by atoms with Crippen molar-refractivity contribution in [2.75, 3.05) is 6.61 Å². The van der Waals surface area contributed by atoms with Crippen LogP contribution in [0.1, 0.15) is 15.9 Å². The van der Waals surface area contributed by atoms with Crippen molar-refractivity contribution in [3.63, 3.8) is 0 Å². The summed E-state index contributed by atoms with van der Waals surface area (Å²) in [5.41, 5.74) is 2.70. The number of amides is 1. The fraction of sp³-hybridized carbons (Fsp3) is 0.167. The molecule has 0 radical (unpaired) electrons. The Bertz CT molecular complexity index is 878. The normalized spacial score (nSPS) is 12.3. The van der Waals surface area contributed by atoms with Gasteiger partial charge in [0.15, 0.2) is 0 Å². The second kappa shape index (κ2) is 7.67. The van der Waals surface area contributed by atoms with Crippen LogP contribution in [0.4, 0.5) is 0 Å². The number of benzene rings is 2. The van der Waals surface area contributed by atoms with E-state index in [-0.39, 0.29) is 18.6 Å². The molecule has 24 heavy (non-hydrogen) atoms. The summed E-state index contributed by atoms with van der Waals surface area (Å²) in [5.74, 6) is -0.195. The summed E-state index contributed by atoms with van der Waals surface area (Å²) in [7, 11) is 0. The Kier molecular flexibility index (Phi) is 5.57. The first-order chi connectivity index (χ1) is 11.6. The summed E-state index contributed by atoms with van der Waals surface area (Å²) in [6, 6.07) is 13.3. The van der Waals surface area contributed by atoms with E-state index < -0.39 is 0 Å². The second-order valence-corrected chi connectivity index (χ2v) is 7.64. The van der Waals surface area contributed by atoms with Crippen LogP contribution in [0.25, 0.3) is 10.9 Å². The molecule has 4 nitrogen and oxygen atoms in total. The van der Waals surface area contributed by atoms with Crippen molar-refractivity contribution in [2.45, 2.75) is 12.5 Å². The number of H-pyrrole nitrogens is 1. The maximum Gasteiger partial charge on any atom is 0.252 e. The number of aliphatic hydroxyl groups excluding tert-OH is 1. The molecule has 1 heterocycles. The molecule has 0 aliphatic rings. The van der Waals surface area contributed by atoms with E-state index in [1.807, 2.05) is 48.7 Å². The predicted octanol–water partition coefficient (Wildman–Crippen LogP) is 3.87. The highest BCUT2D eigenvalue weighted by atomic mass is 127. The molecule has 1 aromatic heterocycles. The predicted molar refractivity (Wildman–Crippen MR) is 107 cm³/mol. The molecule has 2 aromatic carbocycles. The summed E-state index contributed by atoms with van der Waals surface area (Å²) in [5, 5.41) is 13.7. The maximum atomic E-state index is 12.5. The Morgan fingerprint density at radius 1 is 1.29 bits per heavy atom. The van der Waals surface area contributed by atoms with E-state index in [2.05, 4.69) is 48.8 Å². The lowest BCUT2D eigenvalue weighted by Crippen LogP contribution is -2.39. The Morgan fingerprint density at radius 2 is 2.08 bits per heavy atom. The van der Waals surface area contributed by atoms with Gasteiger partial charge in [-0.05, 0) is 74.8 Å². The van der Waals surface area contributed by atoms with Crippen molar-refractivity contribution in [1.29, 1.82) is 0 Å². The molecule has 0 aliphatic heterocycles. The van der Waals surface area contributed by atoms with Gasteiger partial charge in [0.25, 0.3) is 5.91 Å². The number of aromatic amines is 1. The zero-order valence-electron chi connectivity index (χ0n) is 12.7. The largest absolute Gasteiger partial charge is 0.394 e. The Morgan fingerprint density at radius 3 is 2.88 bits per heavy atom. The summed E-state index contributed by atoms with van der Waals surface area (Å²) >= 11 is 5.58. The standard InChI is InChI=1S/C18H16BrIN2O2/c19-16-6-5-12(20)8-15(16)18(24)22-13(10-23)7-11-9-21-17-4-2-1-3-14(11)17/h1-6,8-9,13,21,23H,7,10H2,(H,22,24). The molecule has 0 aliphatic carbocycles. The SMILES string of the molecule is O=C(NC(CO)Cc1c[nH]c2ccccc12)c1cc(I)ccc1Br. The average Bonchev–Trinajstić information content (AvgIpc) is 2.99. The molecule has 0 bridgehead atoms. The molecular formula is C18H16BrIN2O2. The van der Waals surface area contributed by atoms with Crippen LogP contribution in [-0.2, 0) is 6.42 Å². The Hall–Kier alpha value is -1.38. The minimum Gasteiger partial charge on any atom is -0.394 e. The van der Waals surface area contributed by atoms with E-state index in [0.717, 1.165) is 24.5 Å². The van der Waals surface area contributed by atoms with Gasteiger partial charge in [-0.3, -0.25) is 4.79 Å². The topological polar surface area (TPSA) is 65.1 Å². The van der Waals surface area contributed by atoms with Crippen LogP contribution in [0.2, 0.25) is 0 Å². The second-order valence-electron chi connectivity index (χ2n) is 5.54. The van der Waals surface area contributed by atoms with E-state index in [1.54, 1.807) is 0 Å². The molecule has 0 saturated heterocycles. The molecule has 124 valence electrons. The van der Waals surface area contributed by atoms with Crippen molar-refractivity contribution in [2.24, 2.45) is 0 Å². The van der Waals surface area contributed by atoms with Crippen LogP contribution in [0.15, 0.2) is 53.1 Å². The third-order valence-electron chi connectivity index (χ3n) is 3.87. The minimum atomic E-state index is -0.346. The quantitative estimate of drug-likeness (QED) is 0.467. The lowest BCUT2D eigenvalue weighted by atomic mass is 10.0. The van der Waals surface area contributed by atoms with E-state index in [4.69, 9.17) is 0 Å². The van der Waals surface area contributed by atoms with E-state index in [1.165, 1.54) is 0 Å². The number of para-hydroxylation sites is 1. The lowest BCUT2D eigenvalue weighted by Gasteiger charge is -2.17. The molecule has 3 N–H and O–H groups in total. The zero-order valence-corrected chi connectivity index (χ0v) is 16.5. The molecular weight excluding hydrogens is 483 g/mol. The smallest absolute Gasteiger partial charge is 0.252 e. The van der Waals surface area contributed by atoms with Gasteiger partial charge in [-0.1, -0.05) is 18.2 Å². The molecule has 6 heteroatoms. The molecule has 0 saturated carbocycles. The van der Waals surface area contributed by atoms with E-state index in [0.29, 0.717) is 12.0 Å². The highest BCUT2D eigenvalue weighted by Crippen LogP contribution is 2.21. The van der Waals surface area contributed by atoms with Crippen LogP contribution in [-0.4, -0.2) is 28.6 Å². The monoisotopic (exact) mass is 498 g/mol. The molecule has 1 amide bonds. The van der Waals surface area contributed by atoms with Gasteiger partial charge in [0, 0.05) is 25.1 Å². The van der Waals surface area contributed by atoms with Gasteiger partial charge in [0.1, 0.15) is 0 Å². The first-order valence-electron chi connectivity index (χ1n) is 7.50. The lowest BCUT2D eigenvalue weighted by molar-refractivity contribution is 0.0915. The molecule has 1 atom stereocenters. The van der Waals surface area contributed by atoms with Gasteiger partial charge in [-0.2, -0.15) is 0 Å². The summed E-state index contributed by atoms with van der Waals surface area (Å²) in [4.78, 5) is 15.7. The van der Waals surface area contributed by atoms with Crippen LogP contribution >= 0.6 is 38.5 Å². The number of aromatic nitrogens is 1. The number of carbonyl (C=O) groups excluding carboxylic acids is 1. The third kappa shape index (κ3) is 3.81. The first-order valence-corrected chi connectivity index (χ1v) is 9.37. The summed E-state index contributed by atoms with van der Waals surface area (Å²) < 4.78 is 1.72. The number of aliphatic hydroxyl groups is 1. The Labute approximate surface area is 161 Å². The van der Waals surface area contributed by atoms with Gasteiger partial charge in [-0.15, -0.1) is 0 Å². The third-order valence-corrected chi connectivity index (χ3v) is 5.23. The van der Waals surface area contributed by atoms with Crippen LogP contribution < -0.4 is 5.32 Å². The number of hydrogen-bond donors (Lipinski definition) is 3. The van der Waals surface area contributed by atoms with Gasteiger partial charge < -0.3 is 15.4 Å². The van der Waals surface area contributed by atoms with Gasteiger partial charge in [0.05, 0.1) is 18.2 Å². The van der Waals surface area contributed by atoms with Crippen LogP contribution in [0.5, 0.6) is 0 Å². The molecule has 0 fully saturated rings. The van der Waals surface area contributed by atoms with Crippen molar-refractivity contribution < 1.29 is 9.90 Å². The number of hydrogen-bond acceptors (Lipinski definition) is 2. The van der Waals surface area contributed by atoms with Gasteiger partial charge in [-0.25, -0.2) is 0 Å². The number of carbonyl (C=O) groups is 1. The van der Waals surface area contributed by atoms with Crippen LogP contribution in [0.3, 0.4) is 0 Å². The molecule has 0 spiro atoms. The number of fused-ring (bicyclic) bond motifs is 1. The Balaban J connectivity index is 1.77. The van der Waals surface area contributed by atoms with Gasteiger partial charge >= 0.3 is 0 Å². The highest BCUT2D eigenvalue weighted by Gasteiger charge is 2.17. The van der Waals surface area contributed by atoms with Crippen molar-refractivity contribution in [3.05, 3.63) is 67.8 Å². The van der Waals surface area contributed by atoms with E-state index in [9.17, 15) is 9.90 Å². The minimum absolute atomic E-state index is 0.118. The van der Waals surface area contributed by atoms with Crippen molar-refractivity contribution in [3.8, 4) is 0 Å². The van der Waals surface area contributed by atoms with Crippen LogP contribution in [0, 0.1) is 3.57 Å². The van der Waals surface area contributed by atoms with Gasteiger partial charge in [0.2, 0.25) is 0 Å². The number of nitrogens with one attached hydrogen (secondary N) is 2. The fourth-order valence-electron chi connectivity index (χ4n) is 2.66. The summed E-state index contributed by atoms with van der Waals surface area (Å²) in [6.07, 6.45) is 2.49. The molecule has 3 rings (SSSR count). The first kappa shape index (κ1) is 17.4. The summed E-state index contributed by atoms with van der Waals surface area (Å²) in [6.45, 7) is -0.118. The van der Waals surface area contributed by atoms with Crippen molar-refractivity contribution in [1.82, 2.24) is 10.3 Å². The number of rotatable bonds is 5. The average molecular weight is 499 g/mol.